The Kier molecular flexibility index (Phi) is 4.33. The van der Waals surface area contributed by atoms with Gasteiger partial charge in [0.15, 0.2) is 0 Å². The second kappa shape index (κ2) is 6.92. The lowest BCUT2D eigenvalue weighted by atomic mass is 9.83. The molecule has 3 aromatic rings. The van der Waals surface area contributed by atoms with Crippen LogP contribution in [0.2, 0.25) is 5.02 Å². The number of rotatable bonds is 2. The molecule has 5 nitrogen and oxygen atoms in total. The molecule has 2 aliphatic rings. The number of halogens is 2. The lowest BCUT2D eigenvalue weighted by Gasteiger charge is -2.47. The average Bonchev–Trinajstić information content (AvgIpc) is 3.14. The summed E-state index contributed by atoms with van der Waals surface area (Å²) in [6, 6.07) is 14.7. The maximum atomic E-state index is 14.0. The summed E-state index contributed by atoms with van der Waals surface area (Å²) in [6.07, 6.45) is 3.41. The first-order valence-corrected chi connectivity index (χ1v) is 9.97. The van der Waals surface area contributed by atoms with Gasteiger partial charge in [0.05, 0.1) is 5.56 Å². The van der Waals surface area contributed by atoms with Gasteiger partial charge in [-0.1, -0.05) is 23.7 Å². The molecule has 1 atom stereocenters. The van der Waals surface area contributed by atoms with Gasteiger partial charge in [-0.2, -0.15) is 0 Å². The second-order valence-electron chi connectivity index (χ2n) is 7.46. The molecule has 0 bridgehead atoms. The van der Waals surface area contributed by atoms with Crippen molar-refractivity contribution in [2.24, 2.45) is 0 Å². The molecule has 30 heavy (non-hydrogen) atoms. The molecule has 0 spiro atoms. The molecule has 2 amide bonds. The molecule has 1 fully saturated rings. The summed E-state index contributed by atoms with van der Waals surface area (Å²) in [5.74, 6) is -0.856. The van der Waals surface area contributed by atoms with Crippen LogP contribution in [-0.4, -0.2) is 39.7 Å². The Morgan fingerprint density at radius 3 is 2.63 bits per heavy atom. The largest absolute Gasteiger partial charge is 0.309 e. The fourth-order valence-corrected chi connectivity index (χ4v) is 4.68. The summed E-state index contributed by atoms with van der Waals surface area (Å²) < 4.78 is 14.0. The predicted molar refractivity (Wildman–Crippen MR) is 110 cm³/mol. The van der Waals surface area contributed by atoms with E-state index < -0.39 is 11.5 Å². The van der Waals surface area contributed by atoms with Crippen molar-refractivity contribution in [3.05, 3.63) is 100 Å². The highest BCUT2D eigenvalue weighted by Gasteiger charge is 2.55. The Hall–Kier alpha value is -3.25. The number of nitrogens with zero attached hydrogens (tertiary/aromatic N) is 3. The predicted octanol–water partition coefficient (Wildman–Crippen LogP) is 3.88. The van der Waals surface area contributed by atoms with Gasteiger partial charge in [-0.3, -0.25) is 14.6 Å². The number of hydrogen-bond donors (Lipinski definition) is 0. The second-order valence-corrected chi connectivity index (χ2v) is 7.89. The Bertz CT molecular complexity index is 1150. The van der Waals surface area contributed by atoms with E-state index in [1.165, 1.54) is 24.4 Å². The van der Waals surface area contributed by atoms with Crippen molar-refractivity contribution in [3.8, 4) is 0 Å². The van der Waals surface area contributed by atoms with Gasteiger partial charge in [0.1, 0.15) is 11.5 Å². The van der Waals surface area contributed by atoms with Gasteiger partial charge < -0.3 is 9.80 Å². The van der Waals surface area contributed by atoms with Crippen LogP contribution in [0.5, 0.6) is 0 Å². The first-order chi connectivity index (χ1) is 14.5. The summed E-state index contributed by atoms with van der Waals surface area (Å²) in [5, 5.41) is 0.554. The molecule has 3 heterocycles. The van der Waals surface area contributed by atoms with E-state index in [1.54, 1.807) is 40.3 Å². The zero-order valence-electron chi connectivity index (χ0n) is 15.9. The van der Waals surface area contributed by atoms with Crippen LogP contribution in [0.25, 0.3) is 0 Å². The van der Waals surface area contributed by atoms with E-state index in [4.69, 9.17) is 11.6 Å². The van der Waals surface area contributed by atoms with Crippen molar-refractivity contribution in [3.63, 3.8) is 0 Å². The highest BCUT2D eigenvalue weighted by atomic mass is 35.5. The lowest BCUT2D eigenvalue weighted by molar-refractivity contribution is 0.00767. The standard InChI is InChI=1S/C23H17ClFN3O2/c24-18-5-3-17(4-6-18)23-13-16-12-19(25)7-8-20(16)22(30)28(23)11-10-27(23)21(29)15-2-1-9-26-14-15/h1-9,12,14H,10-11,13H2. The molecule has 5 rings (SSSR count). The third-order valence-corrected chi connectivity index (χ3v) is 6.13. The molecule has 1 aromatic heterocycles. The van der Waals surface area contributed by atoms with Crippen molar-refractivity contribution in [2.75, 3.05) is 13.1 Å². The zero-order chi connectivity index (χ0) is 20.9. The minimum atomic E-state index is -1.06. The summed E-state index contributed by atoms with van der Waals surface area (Å²) in [6.45, 7) is 0.739. The van der Waals surface area contributed by atoms with E-state index in [1.807, 2.05) is 12.1 Å². The molecule has 2 aliphatic heterocycles. The molecule has 1 saturated heterocycles. The zero-order valence-corrected chi connectivity index (χ0v) is 16.6. The number of aromatic nitrogens is 1. The van der Waals surface area contributed by atoms with Crippen molar-refractivity contribution >= 4 is 23.4 Å². The van der Waals surface area contributed by atoms with E-state index in [2.05, 4.69) is 4.98 Å². The Balaban J connectivity index is 1.71. The summed E-state index contributed by atoms with van der Waals surface area (Å²) in [7, 11) is 0. The quantitative estimate of drug-likeness (QED) is 0.631. The van der Waals surface area contributed by atoms with Gasteiger partial charge in [0.25, 0.3) is 11.8 Å². The van der Waals surface area contributed by atoms with Crippen LogP contribution in [-0.2, 0) is 12.1 Å². The van der Waals surface area contributed by atoms with Crippen molar-refractivity contribution in [1.82, 2.24) is 14.8 Å². The number of pyridine rings is 1. The Morgan fingerprint density at radius 1 is 1.10 bits per heavy atom. The van der Waals surface area contributed by atoms with Crippen molar-refractivity contribution < 1.29 is 14.0 Å². The first kappa shape index (κ1) is 18.8. The van der Waals surface area contributed by atoms with E-state index in [9.17, 15) is 14.0 Å². The number of hydrogen-bond acceptors (Lipinski definition) is 3. The highest BCUT2D eigenvalue weighted by molar-refractivity contribution is 6.30. The molecule has 0 radical (unpaired) electrons. The number of carbonyl (C=O) groups excluding carboxylic acids is 2. The Labute approximate surface area is 177 Å². The minimum absolute atomic E-state index is 0.215. The molecular weight excluding hydrogens is 405 g/mol. The molecule has 0 N–H and O–H groups in total. The monoisotopic (exact) mass is 421 g/mol. The number of amides is 2. The van der Waals surface area contributed by atoms with Gasteiger partial charge in [0, 0.05) is 42.5 Å². The Morgan fingerprint density at radius 2 is 1.90 bits per heavy atom. The minimum Gasteiger partial charge on any atom is -0.309 e. The third kappa shape index (κ3) is 2.71. The normalized spacial score (nSPS) is 20.1. The van der Waals surface area contributed by atoms with Gasteiger partial charge in [-0.25, -0.2) is 4.39 Å². The smallest absolute Gasteiger partial charge is 0.257 e. The van der Waals surface area contributed by atoms with E-state index in [0.29, 0.717) is 41.2 Å². The average molecular weight is 422 g/mol. The molecule has 0 aliphatic carbocycles. The SMILES string of the molecule is O=C(c1cccnc1)N1CCN2C(=O)c3ccc(F)cc3CC12c1ccc(Cl)cc1. The van der Waals surface area contributed by atoms with E-state index in [0.717, 1.165) is 5.56 Å². The highest BCUT2D eigenvalue weighted by Crippen LogP contribution is 2.45. The van der Waals surface area contributed by atoms with Crippen LogP contribution in [0.15, 0.2) is 67.0 Å². The number of benzene rings is 2. The van der Waals surface area contributed by atoms with Gasteiger partial charge in [-0.15, -0.1) is 0 Å². The number of fused-ring (bicyclic) bond motifs is 2. The van der Waals surface area contributed by atoms with Crippen LogP contribution in [0.3, 0.4) is 0 Å². The van der Waals surface area contributed by atoms with E-state index >= 15 is 0 Å². The van der Waals surface area contributed by atoms with E-state index in [-0.39, 0.29) is 11.8 Å². The molecule has 2 aromatic carbocycles. The van der Waals surface area contributed by atoms with Crippen LogP contribution < -0.4 is 0 Å². The van der Waals surface area contributed by atoms with Crippen molar-refractivity contribution in [2.45, 2.75) is 12.1 Å². The summed E-state index contributed by atoms with van der Waals surface area (Å²) in [5.41, 5.74) is 1.18. The summed E-state index contributed by atoms with van der Waals surface area (Å²) in [4.78, 5) is 34.3. The van der Waals surface area contributed by atoms with Crippen molar-refractivity contribution in [1.29, 1.82) is 0 Å². The van der Waals surface area contributed by atoms with Gasteiger partial charge in [-0.05, 0) is 53.6 Å². The fourth-order valence-electron chi connectivity index (χ4n) is 4.55. The molecule has 150 valence electrons. The van der Waals surface area contributed by atoms with Crippen LogP contribution in [0.4, 0.5) is 4.39 Å². The molecule has 0 saturated carbocycles. The topological polar surface area (TPSA) is 53.5 Å². The van der Waals surface area contributed by atoms with Crippen LogP contribution >= 0.6 is 11.6 Å². The summed E-state index contributed by atoms with van der Waals surface area (Å²) >= 11 is 6.10. The third-order valence-electron chi connectivity index (χ3n) is 5.88. The molecular formula is C23H17ClFN3O2. The van der Waals surface area contributed by atoms with Gasteiger partial charge >= 0.3 is 0 Å². The number of carbonyl (C=O) groups is 2. The van der Waals surface area contributed by atoms with Crippen LogP contribution in [0, 0.1) is 5.82 Å². The van der Waals surface area contributed by atoms with Crippen LogP contribution in [0.1, 0.15) is 31.8 Å². The molecule has 1 unspecified atom stereocenters. The van der Waals surface area contributed by atoms with Gasteiger partial charge in [0.2, 0.25) is 0 Å². The maximum Gasteiger partial charge on any atom is 0.257 e. The lowest BCUT2D eigenvalue weighted by Crippen LogP contribution is -2.58. The fraction of sp³-hybridized carbons (Fsp3) is 0.174. The molecule has 7 heteroatoms. The first-order valence-electron chi connectivity index (χ1n) is 9.59. The maximum absolute atomic E-state index is 14.0.